The SMILES string of the molecule is Cc1c(F)cc(C(=O)N2CCCC2)cc1Br. The highest BCUT2D eigenvalue weighted by Crippen LogP contribution is 2.23. The fourth-order valence-corrected chi connectivity index (χ4v) is 2.31. The van der Waals surface area contributed by atoms with Crippen LogP contribution in [0.2, 0.25) is 0 Å². The highest BCUT2D eigenvalue weighted by atomic mass is 79.9. The van der Waals surface area contributed by atoms with E-state index >= 15 is 0 Å². The van der Waals surface area contributed by atoms with Gasteiger partial charge in [-0.3, -0.25) is 4.79 Å². The molecule has 0 spiro atoms. The van der Waals surface area contributed by atoms with Crippen molar-refractivity contribution in [3.63, 3.8) is 0 Å². The second-order valence-electron chi connectivity index (χ2n) is 4.06. The number of carbonyl (C=O) groups excluding carboxylic acids is 1. The second kappa shape index (κ2) is 4.53. The van der Waals surface area contributed by atoms with Crippen molar-refractivity contribution in [2.24, 2.45) is 0 Å². The topological polar surface area (TPSA) is 20.3 Å². The molecule has 0 saturated carbocycles. The summed E-state index contributed by atoms with van der Waals surface area (Å²) >= 11 is 3.26. The molecule has 1 aliphatic heterocycles. The summed E-state index contributed by atoms with van der Waals surface area (Å²) in [5, 5.41) is 0. The minimum Gasteiger partial charge on any atom is -0.339 e. The summed E-state index contributed by atoms with van der Waals surface area (Å²) in [5.74, 6) is -0.408. The highest BCUT2D eigenvalue weighted by molar-refractivity contribution is 9.10. The molecule has 1 saturated heterocycles. The van der Waals surface area contributed by atoms with Gasteiger partial charge in [0.1, 0.15) is 5.82 Å². The van der Waals surface area contributed by atoms with E-state index in [9.17, 15) is 9.18 Å². The summed E-state index contributed by atoms with van der Waals surface area (Å²) in [6, 6.07) is 3.01. The van der Waals surface area contributed by atoms with Crippen LogP contribution in [0.5, 0.6) is 0 Å². The first-order valence-corrected chi connectivity index (χ1v) is 6.14. The Morgan fingerprint density at radius 1 is 1.38 bits per heavy atom. The maximum atomic E-state index is 13.5. The molecule has 1 amide bonds. The number of rotatable bonds is 1. The van der Waals surface area contributed by atoms with Gasteiger partial charge in [0.2, 0.25) is 0 Å². The Morgan fingerprint density at radius 2 is 2.00 bits per heavy atom. The van der Waals surface area contributed by atoms with Crippen molar-refractivity contribution in [2.45, 2.75) is 19.8 Å². The molecule has 0 radical (unpaired) electrons. The van der Waals surface area contributed by atoms with Crippen LogP contribution in [0.1, 0.15) is 28.8 Å². The lowest BCUT2D eigenvalue weighted by Gasteiger charge is -2.15. The van der Waals surface area contributed by atoms with Gasteiger partial charge in [0.05, 0.1) is 0 Å². The molecule has 0 N–H and O–H groups in total. The van der Waals surface area contributed by atoms with Crippen LogP contribution < -0.4 is 0 Å². The van der Waals surface area contributed by atoms with Crippen LogP contribution in [0.4, 0.5) is 4.39 Å². The number of halogens is 2. The standard InChI is InChI=1S/C12H13BrFNO/c1-8-10(13)6-9(7-11(8)14)12(16)15-4-2-3-5-15/h6-7H,2-5H2,1H3. The van der Waals surface area contributed by atoms with Gasteiger partial charge in [-0.05, 0) is 37.5 Å². The first-order chi connectivity index (χ1) is 7.59. The minimum absolute atomic E-state index is 0.0721. The Morgan fingerprint density at radius 3 is 2.56 bits per heavy atom. The van der Waals surface area contributed by atoms with Crippen molar-refractivity contribution in [3.8, 4) is 0 Å². The predicted molar refractivity (Wildman–Crippen MR) is 64.0 cm³/mol. The third kappa shape index (κ3) is 2.12. The Hall–Kier alpha value is -0.900. The lowest BCUT2D eigenvalue weighted by Crippen LogP contribution is -2.27. The molecule has 1 aromatic carbocycles. The number of nitrogens with zero attached hydrogens (tertiary/aromatic N) is 1. The molecule has 1 fully saturated rings. The zero-order valence-electron chi connectivity index (χ0n) is 9.09. The van der Waals surface area contributed by atoms with E-state index in [4.69, 9.17) is 0 Å². The number of benzene rings is 1. The zero-order chi connectivity index (χ0) is 11.7. The molecule has 1 aliphatic rings. The predicted octanol–water partition coefficient (Wildman–Crippen LogP) is 3.13. The van der Waals surface area contributed by atoms with Crippen LogP contribution >= 0.6 is 15.9 Å². The summed E-state index contributed by atoms with van der Waals surface area (Å²) < 4.78 is 14.1. The summed E-state index contributed by atoms with van der Waals surface area (Å²) in [6.45, 7) is 3.25. The van der Waals surface area contributed by atoms with E-state index < -0.39 is 0 Å². The smallest absolute Gasteiger partial charge is 0.253 e. The van der Waals surface area contributed by atoms with Gasteiger partial charge in [-0.2, -0.15) is 0 Å². The van der Waals surface area contributed by atoms with Crippen molar-refractivity contribution in [3.05, 3.63) is 33.5 Å². The van der Waals surface area contributed by atoms with Crippen LogP contribution in [-0.4, -0.2) is 23.9 Å². The number of amides is 1. The lowest BCUT2D eigenvalue weighted by molar-refractivity contribution is 0.0792. The summed E-state index contributed by atoms with van der Waals surface area (Å²) in [5.41, 5.74) is 0.967. The third-order valence-corrected chi connectivity index (χ3v) is 3.74. The van der Waals surface area contributed by atoms with E-state index in [-0.39, 0.29) is 11.7 Å². The Bertz CT molecular complexity index is 404. The number of hydrogen-bond acceptors (Lipinski definition) is 1. The van der Waals surface area contributed by atoms with Gasteiger partial charge in [0.25, 0.3) is 5.91 Å². The summed E-state index contributed by atoms with van der Waals surface area (Å²) in [4.78, 5) is 13.8. The fraction of sp³-hybridized carbons (Fsp3) is 0.417. The van der Waals surface area contributed by atoms with E-state index in [1.54, 1.807) is 17.9 Å². The van der Waals surface area contributed by atoms with Crippen molar-refractivity contribution in [1.82, 2.24) is 4.90 Å². The van der Waals surface area contributed by atoms with Gasteiger partial charge in [-0.15, -0.1) is 0 Å². The maximum Gasteiger partial charge on any atom is 0.253 e. The normalized spacial score (nSPS) is 15.6. The van der Waals surface area contributed by atoms with Gasteiger partial charge in [-0.25, -0.2) is 4.39 Å². The monoisotopic (exact) mass is 285 g/mol. The maximum absolute atomic E-state index is 13.5. The Kier molecular flexibility index (Phi) is 3.28. The number of hydrogen-bond donors (Lipinski definition) is 0. The molecule has 0 unspecified atom stereocenters. The van der Waals surface area contributed by atoms with Gasteiger partial charge in [0.15, 0.2) is 0 Å². The molecule has 2 rings (SSSR count). The fourth-order valence-electron chi connectivity index (χ4n) is 1.87. The average molecular weight is 286 g/mol. The van der Waals surface area contributed by atoms with Crippen molar-refractivity contribution in [2.75, 3.05) is 13.1 Å². The molecule has 16 heavy (non-hydrogen) atoms. The average Bonchev–Trinajstić information content (AvgIpc) is 2.77. The van der Waals surface area contributed by atoms with E-state index in [0.29, 0.717) is 15.6 Å². The van der Waals surface area contributed by atoms with Gasteiger partial charge in [0, 0.05) is 23.1 Å². The van der Waals surface area contributed by atoms with Crippen LogP contribution in [0, 0.1) is 12.7 Å². The van der Waals surface area contributed by atoms with E-state index in [0.717, 1.165) is 25.9 Å². The zero-order valence-corrected chi connectivity index (χ0v) is 10.7. The first-order valence-electron chi connectivity index (χ1n) is 5.34. The molecule has 0 aliphatic carbocycles. The molecular weight excluding hydrogens is 273 g/mol. The quantitative estimate of drug-likeness (QED) is 0.776. The largest absolute Gasteiger partial charge is 0.339 e. The molecule has 1 heterocycles. The molecular formula is C12H13BrFNO. The molecule has 2 nitrogen and oxygen atoms in total. The van der Waals surface area contributed by atoms with Gasteiger partial charge < -0.3 is 4.90 Å². The van der Waals surface area contributed by atoms with Crippen LogP contribution in [-0.2, 0) is 0 Å². The number of carbonyl (C=O) groups is 1. The molecule has 0 bridgehead atoms. The van der Waals surface area contributed by atoms with Crippen LogP contribution in [0.15, 0.2) is 16.6 Å². The molecule has 1 aromatic rings. The van der Waals surface area contributed by atoms with Crippen molar-refractivity contribution < 1.29 is 9.18 Å². The summed E-state index contributed by atoms with van der Waals surface area (Å²) in [7, 11) is 0. The Balaban J connectivity index is 2.29. The molecule has 86 valence electrons. The lowest BCUT2D eigenvalue weighted by atomic mass is 10.1. The Labute approximate surface area is 103 Å². The summed E-state index contributed by atoms with van der Waals surface area (Å²) in [6.07, 6.45) is 2.09. The van der Waals surface area contributed by atoms with E-state index in [1.165, 1.54) is 6.07 Å². The van der Waals surface area contributed by atoms with Crippen LogP contribution in [0.25, 0.3) is 0 Å². The van der Waals surface area contributed by atoms with Gasteiger partial charge in [-0.1, -0.05) is 15.9 Å². The third-order valence-electron chi connectivity index (χ3n) is 2.92. The first kappa shape index (κ1) is 11.6. The molecule has 0 atom stereocenters. The van der Waals surface area contributed by atoms with Crippen molar-refractivity contribution >= 4 is 21.8 Å². The second-order valence-corrected chi connectivity index (χ2v) is 4.92. The molecule has 4 heteroatoms. The van der Waals surface area contributed by atoms with E-state index in [1.807, 2.05) is 0 Å². The van der Waals surface area contributed by atoms with E-state index in [2.05, 4.69) is 15.9 Å². The minimum atomic E-state index is -0.336. The highest BCUT2D eigenvalue weighted by Gasteiger charge is 2.20. The van der Waals surface area contributed by atoms with Gasteiger partial charge >= 0.3 is 0 Å². The van der Waals surface area contributed by atoms with Crippen molar-refractivity contribution in [1.29, 1.82) is 0 Å². The van der Waals surface area contributed by atoms with Crippen LogP contribution in [0.3, 0.4) is 0 Å². The molecule has 0 aromatic heterocycles. The number of likely N-dealkylation sites (tertiary alicyclic amines) is 1.